The SMILES string of the molecule is O=S(=O)(CC1CCOCC1)NCC1CCN(c2ccccc2)C1. The number of rotatable bonds is 6. The first kappa shape index (κ1) is 16.7. The average molecular weight is 338 g/mol. The predicted octanol–water partition coefficient (Wildman–Crippen LogP) is 1.86. The van der Waals surface area contributed by atoms with E-state index in [-0.39, 0.29) is 11.7 Å². The molecule has 2 fully saturated rings. The number of hydrogen-bond donors (Lipinski definition) is 1. The largest absolute Gasteiger partial charge is 0.381 e. The van der Waals surface area contributed by atoms with E-state index in [0.29, 0.717) is 25.7 Å². The van der Waals surface area contributed by atoms with Crippen LogP contribution >= 0.6 is 0 Å². The van der Waals surface area contributed by atoms with Crippen LogP contribution in [0, 0.1) is 11.8 Å². The van der Waals surface area contributed by atoms with Crippen LogP contribution in [0.2, 0.25) is 0 Å². The summed E-state index contributed by atoms with van der Waals surface area (Å²) in [6, 6.07) is 10.3. The van der Waals surface area contributed by atoms with Crippen LogP contribution in [0.3, 0.4) is 0 Å². The fourth-order valence-corrected chi connectivity index (χ4v) is 4.96. The highest BCUT2D eigenvalue weighted by atomic mass is 32.2. The Morgan fingerprint density at radius 2 is 1.83 bits per heavy atom. The van der Waals surface area contributed by atoms with Gasteiger partial charge in [-0.15, -0.1) is 0 Å². The normalized spacial score (nSPS) is 23.3. The summed E-state index contributed by atoms with van der Waals surface area (Å²) in [4.78, 5) is 2.33. The van der Waals surface area contributed by atoms with Gasteiger partial charge in [-0.3, -0.25) is 0 Å². The van der Waals surface area contributed by atoms with E-state index < -0.39 is 10.0 Å². The number of benzene rings is 1. The molecule has 2 saturated heterocycles. The molecule has 0 aromatic heterocycles. The smallest absolute Gasteiger partial charge is 0.211 e. The summed E-state index contributed by atoms with van der Waals surface area (Å²) in [5.41, 5.74) is 1.22. The van der Waals surface area contributed by atoms with E-state index >= 15 is 0 Å². The van der Waals surface area contributed by atoms with E-state index in [4.69, 9.17) is 4.74 Å². The third-order valence-electron chi connectivity index (χ3n) is 4.80. The summed E-state index contributed by atoms with van der Waals surface area (Å²) in [7, 11) is -3.17. The summed E-state index contributed by atoms with van der Waals surface area (Å²) in [5.74, 6) is 0.871. The second-order valence-corrected chi connectivity index (χ2v) is 8.47. The van der Waals surface area contributed by atoms with Crippen molar-refractivity contribution in [1.82, 2.24) is 4.72 Å². The van der Waals surface area contributed by atoms with E-state index in [1.807, 2.05) is 18.2 Å². The van der Waals surface area contributed by atoms with Crippen LogP contribution in [0.15, 0.2) is 30.3 Å². The molecule has 0 amide bonds. The minimum absolute atomic E-state index is 0.241. The lowest BCUT2D eigenvalue weighted by molar-refractivity contribution is 0.0723. The van der Waals surface area contributed by atoms with Crippen molar-refractivity contribution in [2.24, 2.45) is 11.8 Å². The molecule has 128 valence electrons. The zero-order valence-corrected chi connectivity index (χ0v) is 14.3. The number of ether oxygens (including phenoxy) is 1. The lowest BCUT2D eigenvalue weighted by Crippen LogP contribution is -2.35. The molecular formula is C17H26N2O3S. The number of hydrogen-bond acceptors (Lipinski definition) is 4. The molecule has 1 aromatic carbocycles. The Kier molecular flexibility index (Phi) is 5.56. The fourth-order valence-electron chi connectivity index (χ4n) is 3.40. The molecule has 1 aromatic rings. The van der Waals surface area contributed by atoms with Crippen molar-refractivity contribution in [2.75, 3.05) is 43.5 Å². The standard InChI is InChI=1S/C17H26N2O3S/c20-23(21,14-15-7-10-22-11-8-15)18-12-16-6-9-19(13-16)17-4-2-1-3-5-17/h1-5,15-16,18H,6-14H2. The Hall–Kier alpha value is -1.11. The molecule has 2 aliphatic heterocycles. The molecule has 1 atom stereocenters. The average Bonchev–Trinajstić information content (AvgIpc) is 3.04. The molecule has 0 aliphatic carbocycles. The highest BCUT2D eigenvalue weighted by Gasteiger charge is 2.26. The van der Waals surface area contributed by atoms with E-state index in [1.165, 1.54) is 5.69 Å². The van der Waals surface area contributed by atoms with Crippen LogP contribution in [0.1, 0.15) is 19.3 Å². The van der Waals surface area contributed by atoms with Gasteiger partial charge in [-0.1, -0.05) is 18.2 Å². The van der Waals surface area contributed by atoms with Gasteiger partial charge in [0.25, 0.3) is 0 Å². The van der Waals surface area contributed by atoms with Crippen molar-refractivity contribution in [3.8, 4) is 0 Å². The number of anilines is 1. The summed E-state index contributed by atoms with van der Waals surface area (Å²) in [6.45, 7) is 3.85. The van der Waals surface area contributed by atoms with E-state index in [0.717, 1.165) is 32.4 Å². The quantitative estimate of drug-likeness (QED) is 0.860. The van der Waals surface area contributed by atoms with Gasteiger partial charge in [0.15, 0.2) is 0 Å². The van der Waals surface area contributed by atoms with Crippen LogP contribution in [0.5, 0.6) is 0 Å². The molecule has 0 radical (unpaired) electrons. The minimum Gasteiger partial charge on any atom is -0.381 e. The minimum atomic E-state index is -3.17. The molecule has 0 bridgehead atoms. The topological polar surface area (TPSA) is 58.6 Å². The second kappa shape index (κ2) is 7.64. The van der Waals surface area contributed by atoms with Crippen molar-refractivity contribution in [3.05, 3.63) is 30.3 Å². The van der Waals surface area contributed by atoms with Gasteiger partial charge in [-0.25, -0.2) is 13.1 Å². The summed E-state index contributed by atoms with van der Waals surface area (Å²) in [5, 5.41) is 0. The molecular weight excluding hydrogens is 312 g/mol. The molecule has 6 heteroatoms. The highest BCUT2D eigenvalue weighted by Crippen LogP contribution is 2.23. The summed E-state index contributed by atoms with van der Waals surface area (Å²) >= 11 is 0. The second-order valence-electron chi connectivity index (χ2n) is 6.62. The van der Waals surface area contributed by atoms with Crippen LogP contribution in [0.25, 0.3) is 0 Å². The Morgan fingerprint density at radius 3 is 2.57 bits per heavy atom. The molecule has 0 spiro atoms. The van der Waals surface area contributed by atoms with Gasteiger partial charge in [-0.2, -0.15) is 0 Å². The molecule has 2 aliphatic rings. The number of nitrogens with one attached hydrogen (secondary N) is 1. The Labute approximate surface area is 139 Å². The maximum Gasteiger partial charge on any atom is 0.211 e. The molecule has 5 nitrogen and oxygen atoms in total. The van der Waals surface area contributed by atoms with Crippen LogP contribution in [-0.2, 0) is 14.8 Å². The van der Waals surface area contributed by atoms with Gasteiger partial charge in [0.2, 0.25) is 10.0 Å². The van der Waals surface area contributed by atoms with Gasteiger partial charge < -0.3 is 9.64 Å². The zero-order valence-electron chi connectivity index (χ0n) is 13.5. The molecule has 0 saturated carbocycles. The van der Waals surface area contributed by atoms with E-state index in [9.17, 15) is 8.42 Å². The first-order chi connectivity index (χ1) is 11.1. The first-order valence-electron chi connectivity index (χ1n) is 8.47. The summed E-state index contributed by atoms with van der Waals surface area (Å²) < 4.78 is 32.6. The lowest BCUT2D eigenvalue weighted by atomic mass is 10.0. The summed E-state index contributed by atoms with van der Waals surface area (Å²) in [6.07, 6.45) is 2.74. The molecule has 1 N–H and O–H groups in total. The molecule has 1 unspecified atom stereocenters. The maximum absolute atomic E-state index is 12.2. The van der Waals surface area contributed by atoms with Crippen molar-refractivity contribution in [2.45, 2.75) is 19.3 Å². The first-order valence-corrected chi connectivity index (χ1v) is 10.1. The fraction of sp³-hybridized carbons (Fsp3) is 0.647. The highest BCUT2D eigenvalue weighted by molar-refractivity contribution is 7.89. The Balaban J connectivity index is 1.45. The van der Waals surface area contributed by atoms with Gasteiger partial charge in [-0.05, 0) is 43.2 Å². The van der Waals surface area contributed by atoms with Gasteiger partial charge in [0.1, 0.15) is 0 Å². The Bertz CT molecular complexity index is 585. The molecule has 2 heterocycles. The Morgan fingerprint density at radius 1 is 1.09 bits per heavy atom. The lowest BCUT2D eigenvalue weighted by Gasteiger charge is -2.22. The molecule has 23 heavy (non-hydrogen) atoms. The van der Waals surface area contributed by atoms with Crippen molar-refractivity contribution >= 4 is 15.7 Å². The van der Waals surface area contributed by atoms with E-state index in [2.05, 4.69) is 21.8 Å². The van der Waals surface area contributed by atoms with Gasteiger partial charge >= 0.3 is 0 Å². The van der Waals surface area contributed by atoms with Crippen molar-refractivity contribution in [3.63, 3.8) is 0 Å². The number of nitrogens with zero attached hydrogens (tertiary/aromatic N) is 1. The number of sulfonamides is 1. The van der Waals surface area contributed by atoms with Crippen molar-refractivity contribution in [1.29, 1.82) is 0 Å². The third-order valence-corrected chi connectivity index (χ3v) is 6.31. The van der Waals surface area contributed by atoms with Crippen LogP contribution in [0.4, 0.5) is 5.69 Å². The van der Waals surface area contributed by atoms with Crippen molar-refractivity contribution < 1.29 is 13.2 Å². The van der Waals surface area contributed by atoms with E-state index in [1.54, 1.807) is 0 Å². The monoisotopic (exact) mass is 338 g/mol. The zero-order chi connectivity index (χ0) is 16.1. The van der Waals surface area contributed by atoms with Crippen LogP contribution < -0.4 is 9.62 Å². The van der Waals surface area contributed by atoms with Crippen LogP contribution in [-0.4, -0.2) is 47.0 Å². The van der Waals surface area contributed by atoms with Gasteiger partial charge in [0, 0.05) is 38.5 Å². The predicted molar refractivity (Wildman–Crippen MR) is 92.1 cm³/mol. The van der Waals surface area contributed by atoms with Gasteiger partial charge in [0.05, 0.1) is 5.75 Å². The number of para-hydroxylation sites is 1. The molecule has 3 rings (SSSR count). The maximum atomic E-state index is 12.2. The third kappa shape index (κ3) is 4.93.